The van der Waals surface area contributed by atoms with Crippen LogP contribution in [0.2, 0.25) is 0 Å². The van der Waals surface area contributed by atoms with Gasteiger partial charge in [0.2, 0.25) is 0 Å². The molecular formula is C23H27N3O. The summed E-state index contributed by atoms with van der Waals surface area (Å²) in [7, 11) is 1.70. The topological polar surface area (TPSA) is 39.1 Å². The molecule has 2 aromatic carbocycles. The van der Waals surface area contributed by atoms with Crippen LogP contribution in [0, 0.1) is 0 Å². The number of fused-ring (bicyclic) bond motifs is 1. The fourth-order valence-corrected chi connectivity index (χ4v) is 3.84. The third-order valence-electron chi connectivity index (χ3n) is 5.33. The molecule has 0 atom stereocenters. The molecule has 0 saturated heterocycles. The smallest absolute Gasteiger partial charge is 0.133 e. The van der Waals surface area contributed by atoms with Crippen molar-refractivity contribution in [3.8, 4) is 11.4 Å². The minimum Gasteiger partial charge on any atom is -0.497 e. The van der Waals surface area contributed by atoms with Crippen molar-refractivity contribution in [2.45, 2.75) is 39.0 Å². The molecule has 2 heterocycles. The second-order valence-corrected chi connectivity index (χ2v) is 7.42. The van der Waals surface area contributed by atoms with Gasteiger partial charge in [-0.2, -0.15) is 5.10 Å². The predicted molar refractivity (Wildman–Crippen MR) is 110 cm³/mol. The van der Waals surface area contributed by atoms with Crippen LogP contribution < -0.4 is 10.1 Å². The SMILES string of the molecule is COc1ccc(CCc2nn(-c3ccccc3C(C)C)c3c2CCN3)cc1. The molecule has 4 rings (SSSR count). The Hall–Kier alpha value is -2.75. The normalized spacial score (nSPS) is 12.9. The van der Waals surface area contributed by atoms with E-state index in [1.807, 2.05) is 12.1 Å². The van der Waals surface area contributed by atoms with Crippen molar-refractivity contribution in [1.29, 1.82) is 0 Å². The van der Waals surface area contributed by atoms with Gasteiger partial charge in [0.25, 0.3) is 0 Å². The summed E-state index contributed by atoms with van der Waals surface area (Å²) < 4.78 is 7.38. The van der Waals surface area contributed by atoms with Gasteiger partial charge in [-0.05, 0) is 54.5 Å². The predicted octanol–water partition coefficient (Wildman–Crippen LogP) is 4.76. The number of benzene rings is 2. The summed E-state index contributed by atoms with van der Waals surface area (Å²) in [4.78, 5) is 0. The molecule has 0 unspecified atom stereocenters. The molecule has 0 amide bonds. The van der Waals surface area contributed by atoms with E-state index in [-0.39, 0.29) is 0 Å². The van der Waals surface area contributed by atoms with Gasteiger partial charge in [-0.25, -0.2) is 4.68 Å². The number of methoxy groups -OCH3 is 1. The molecule has 4 nitrogen and oxygen atoms in total. The summed E-state index contributed by atoms with van der Waals surface area (Å²) in [5, 5.41) is 8.57. The van der Waals surface area contributed by atoms with Crippen molar-refractivity contribution in [2.24, 2.45) is 0 Å². The molecule has 0 aliphatic carbocycles. The van der Waals surface area contributed by atoms with Crippen LogP contribution in [0.15, 0.2) is 48.5 Å². The monoisotopic (exact) mass is 361 g/mol. The summed E-state index contributed by atoms with van der Waals surface area (Å²) in [6, 6.07) is 16.9. The molecule has 140 valence electrons. The van der Waals surface area contributed by atoms with Crippen molar-refractivity contribution in [2.75, 3.05) is 19.0 Å². The number of aromatic nitrogens is 2. The fourth-order valence-electron chi connectivity index (χ4n) is 3.84. The van der Waals surface area contributed by atoms with Crippen LogP contribution in [0.25, 0.3) is 5.69 Å². The van der Waals surface area contributed by atoms with E-state index in [4.69, 9.17) is 9.84 Å². The average Bonchev–Trinajstić information content (AvgIpc) is 3.30. The zero-order chi connectivity index (χ0) is 18.8. The Balaban J connectivity index is 1.63. The minimum absolute atomic E-state index is 0.463. The van der Waals surface area contributed by atoms with E-state index >= 15 is 0 Å². The van der Waals surface area contributed by atoms with Gasteiger partial charge in [-0.15, -0.1) is 0 Å². The van der Waals surface area contributed by atoms with Crippen LogP contribution in [0.4, 0.5) is 5.82 Å². The first-order valence-electron chi connectivity index (χ1n) is 9.74. The Morgan fingerprint density at radius 3 is 2.59 bits per heavy atom. The number of hydrogen-bond acceptors (Lipinski definition) is 3. The molecule has 0 spiro atoms. The number of para-hydroxylation sites is 1. The number of anilines is 1. The maximum absolute atomic E-state index is 5.25. The number of ether oxygens (including phenoxy) is 1. The molecule has 0 fully saturated rings. The summed E-state index contributed by atoms with van der Waals surface area (Å²) in [6.45, 7) is 5.47. The number of aryl methyl sites for hydroxylation is 2. The molecule has 0 radical (unpaired) electrons. The molecule has 3 aromatic rings. The number of nitrogens with zero attached hydrogens (tertiary/aromatic N) is 2. The molecular weight excluding hydrogens is 334 g/mol. The van der Waals surface area contributed by atoms with Crippen LogP contribution in [0.5, 0.6) is 5.75 Å². The standard InChI is InChI=1S/C23H27N3O/c1-16(2)19-6-4-5-7-22(19)26-23-20(14-15-24-23)21(25-26)13-10-17-8-11-18(27-3)12-9-17/h4-9,11-12,16,24H,10,13-15H2,1-3H3. The van der Waals surface area contributed by atoms with E-state index in [2.05, 4.69) is 60.2 Å². The lowest BCUT2D eigenvalue weighted by atomic mass is 10.0. The van der Waals surface area contributed by atoms with E-state index in [0.717, 1.165) is 31.6 Å². The summed E-state index contributed by atoms with van der Waals surface area (Å²) in [5.74, 6) is 2.54. The zero-order valence-electron chi connectivity index (χ0n) is 16.3. The number of rotatable bonds is 6. The highest BCUT2D eigenvalue weighted by molar-refractivity contribution is 5.59. The molecule has 0 bridgehead atoms. The average molecular weight is 361 g/mol. The maximum atomic E-state index is 5.25. The van der Waals surface area contributed by atoms with Gasteiger partial charge >= 0.3 is 0 Å². The highest BCUT2D eigenvalue weighted by Crippen LogP contribution is 2.32. The fraction of sp³-hybridized carbons (Fsp3) is 0.348. The highest BCUT2D eigenvalue weighted by Gasteiger charge is 2.24. The Labute approximate surface area is 161 Å². The Morgan fingerprint density at radius 1 is 1.07 bits per heavy atom. The molecule has 1 N–H and O–H groups in total. The Kier molecular flexibility index (Phi) is 4.88. The highest BCUT2D eigenvalue weighted by atomic mass is 16.5. The molecule has 1 aromatic heterocycles. The summed E-state index contributed by atoms with van der Waals surface area (Å²) in [5.41, 5.74) is 6.42. The second-order valence-electron chi connectivity index (χ2n) is 7.42. The molecule has 4 heteroatoms. The van der Waals surface area contributed by atoms with E-state index in [1.54, 1.807) is 7.11 Å². The molecule has 1 aliphatic rings. The van der Waals surface area contributed by atoms with Crippen LogP contribution >= 0.6 is 0 Å². The van der Waals surface area contributed by atoms with Crippen molar-refractivity contribution in [3.05, 3.63) is 70.9 Å². The zero-order valence-corrected chi connectivity index (χ0v) is 16.3. The Morgan fingerprint density at radius 2 is 1.85 bits per heavy atom. The van der Waals surface area contributed by atoms with E-state index in [1.165, 1.54) is 33.9 Å². The first kappa shape index (κ1) is 17.7. The third kappa shape index (κ3) is 3.44. The molecule has 1 aliphatic heterocycles. The first-order chi connectivity index (χ1) is 13.2. The van der Waals surface area contributed by atoms with Gasteiger partial charge in [0.1, 0.15) is 11.6 Å². The van der Waals surface area contributed by atoms with Crippen molar-refractivity contribution in [3.63, 3.8) is 0 Å². The lowest BCUT2D eigenvalue weighted by molar-refractivity contribution is 0.414. The van der Waals surface area contributed by atoms with Crippen molar-refractivity contribution in [1.82, 2.24) is 9.78 Å². The van der Waals surface area contributed by atoms with E-state index in [0.29, 0.717) is 5.92 Å². The third-order valence-corrected chi connectivity index (χ3v) is 5.33. The second kappa shape index (κ2) is 7.47. The maximum Gasteiger partial charge on any atom is 0.133 e. The first-order valence-corrected chi connectivity index (χ1v) is 9.74. The van der Waals surface area contributed by atoms with Crippen molar-refractivity contribution < 1.29 is 4.74 Å². The summed E-state index contributed by atoms with van der Waals surface area (Å²) in [6.07, 6.45) is 2.99. The lowest BCUT2D eigenvalue weighted by Gasteiger charge is -2.14. The molecule has 27 heavy (non-hydrogen) atoms. The minimum atomic E-state index is 0.463. The quantitative estimate of drug-likeness (QED) is 0.688. The van der Waals surface area contributed by atoms with Crippen LogP contribution in [-0.2, 0) is 19.3 Å². The van der Waals surface area contributed by atoms with Gasteiger partial charge < -0.3 is 10.1 Å². The van der Waals surface area contributed by atoms with Gasteiger partial charge in [-0.1, -0.05) is 44.2 Å². The number of nitrogens with one attached hydrogen (secondary N) is 1. The van der Waals surface area contributed by atoms with Crippen LogP contribution in [0.3, 0.4) is 0 Å². The van der Waals surface area contributed by atoms with Gasteiger partial charge in [0.05, 0.1) is 18.5 Å². The van der Waals surface area contributed by atoms with Gasteiger partial charge in [0.15, 0.2) is 0 Å². The van der Waals surface area contributed by atoms with Gasteiger partial charge in [-0.3, -0.25) is 0 Å². The largest absolute Gasteiger partial charge is 0.497 e. The lowest BCUT2D eigenvalue weighted by Crippen LogP contribution is -2.08. The Bertz CT molecular complexity index is 925. The molecule has 0 saturated carbocycles. The van der Waals surface area contributed by atoms with Crippen molar-refractivity contribution >= 4 is 5.82 Å². The van der Waals surface area contributed by atoms with Gasteiger partial charge in [0, 0.05) is 12.1 Å². The van der Waals surface area contributed by atoms with E-state index < -0.39 is 0 Å². The number of hydrogen-bond donors (Lipinski definition) is 1. The van der Waals surface area contributed by atoms with E-state index in [9.17, 15) is 0 Å². The summed E-state index contributed by atoms with van der Waals surface area (Å²) >= 11 is 0. The van der Waals surface area contributed by atoms with Crippen LogP contribution in [0.1, 0.15) is 42.1 Å². The van der Waals surface area contributed by atoms with Crippen LogP contribution in [-0.4, -0.2) is 23.4 Å².